The summed E-state index contributed by atoms with van der Waals surface area (Å²) in [5.74, 6) is -1.30. The van der Waals surface area contributed by atoms with E-state index in [1.807, 2.05) is 61.5 Å². The van der Waals surface area contributed by atoms with E-state index in [0.29, 0.717) is 16.4 Å². The number of ether oxygens (including phenoxy) is 1. The third-order valence-corrected chi connectivity index (χ3v) is 8.29. The van der Waals surface area contributed by atoms with Crippen molar-refractivity contribution < 1.29 is 22.7 Å². The Balaban J connectivity index is 1.75. The largest absolute Gasteiger partial charge is 0.446 e. The van der Waals surface area contributed by atoms with Crippen molar-refractivity contribution in [3.63, 3.8) is 0 Å². The Kier molecular flexibility index (Phi) is 8.43. The first-order valence-corrected chi connectivity index (χ1v) is 14.6. The van der Waals surface area contributed by atoms with Gasteiger partial charge in [0.05, 0.1) is 16.9 Å². The van der Waals surface area contributed by atoms with Crippen molar-refractivity contribution in [3.8, 4) is 0 Å². The first-order valence-electron chi connectivity index (χ1n) is 11.6. The van der Waals surface area contributed by atoms with E-state index in [1.165, 1.54) is 12.1 Å². The second-order valence-corrected chi connectivity index (χ2v) is 11.4. The Morgan fingerprint density at radius 2 is 1.64 bits per heavy atom. The molecule has 1 fully saturated rings. The first-order chi connectivity index (χ1) is 17.3. The molecule has 0 unspecified atom stereocenters. The summed E-state index contributed by atoms with van der Waals surface area (Å²) in [5, 5.41) is 0. The van der Waals surface area contributed by atoms with E-state index in [-0.39, 0.29) is 11.5 Å². The molecule has 1 aliphatic rings. The van der Waals surface area contributed by atoms with Crippen molar-refractivity contribution >= 4 is 44.6 Å². The van der Waals surface area contributed by atoms with Crippen molar-refractivity contribution in [1.82, 2.24) is 9.62 Å². The van der Waals surface area contributed by atoms with Gasteiger partial charge in [0, 0.05) is 4.43 Å². The molecule has 9 heteroatoms. The zero-order chi connectivity index (χ0) is 25.7. The number of carbonyl (C=O) groups is 2. The van der Waals surface area contributed by atoms with Crippen LogP contribution in [0.4, 0.5) is 4.79 Å². The lowest BCUT2D eigenvalue weighted by Gasteiger charge is -2.31. The average molecular weight is 618 g/mol. The molecule has 7 nitrogen and oxygen atoms in total. The molecule has 1 saturated heterocycles. The Morgan fingerprint density at radius 3 is 2.25 bits per heavy atom. The minimum absolute atomic E-state index is 0.0521. The molecule has 36 heavy (non-hydrogen) atoms. The van der Waals surface area contributed by atoms with Crippen LogP contribution in [0.3, 0.4) is 0 Å². The van der Waals surface area contributed by atoms with Gasteiger partial charge in [-0.15, -0.1) is 0 Å². The molecule has 3 aromatic rings. The first kappa shape index (κ1) is 26.3. The van der Waals surface area contributed by atoms with Crippen molar-refractivity contribution in [2.75, 3.05) is 11.0 Å². The number of aryl methyl sites for hydroxylation is 1. The minimum atomic E-state index is -3.96. The molecule has 0 aliphatic carbocycles. The van der Waals surface area contributed by atoms with Gasteiger partial charge < -0.3 is 4.74 Å². The summed E-state index contributed by atoms with van der Waals surface area (Å²) >= 11 is 2.16. The van der Waals surface area contributed by atoms with Crippen LogP contribution in [-0.2, 0) is 19.6 Å². The van der Waals surface area contributed by atoms with E-state index in [4.69, 9.17) is 4.74 Å². The summed E-state index contributed by atoms with van der Waals surface area (Å²) in [4.78, 5) is 28.0. The number of nitrogens with zero attached hydrogens (tertiary/aromatic N) is 1. The molecule has 188 valence electrons. The van der Waals surface area contributed by atoms with Crippen LogP contribution in [0.15, 0.2) is 89.8 Å². The molecular weight excluding hydrogens is 591 g/mol. The summed E-state index contributed by atoms with van der Waals surface area (Å²) in [6.07, 6.45) is -0.360. The van der Waals surface area contributed by atoms with Gasteiger partial charge in [-0.1, -0.05) is 101 Å². The minimum Gasteiger partial charge on any atom is -0.446 e. The molecule has 4 rings (SSSR count). The molecule has 0 bridgehead atoms. The van der Waals surface area contributed by atoms with Gasteiger partial charge in [0.15, 0.2) is 0 Å². The predicted molar refractivity (Wildman–Crippen MR) is 145 cm³/mol. The van der Waals surface area contributed by atoms with Gasteiger partial charge >= 0.3 is 6.09 Å². The highest BCUT2D eigenvalue weighted by molar-refractivity contribution is 14.1. The fourth-order valence-electron chi connectivity index (χ4n) is 4.31. The van der Waals surface area contributed by atoms with Gasteiger partial charge in [0.1, 0.15) is 12.6 Å². The lowest BCUT2D eigenvalue weighted by Crippen LogP contribution is -2.45. The van der Waals surface area contributed by atoms with E-state index < -0.39 is 40.0 Å². The highest BCUT2D eigenvalue weighted by Crippen LogP contribution is 2.35. The lowest BCUT2D eigenvalue weighted by atomic mass is 9.89. The van der Waals surface area contributed by atoms with Crippen LogP contribution in [0.2, 0.25) is 0 Å². The number of benzene rings is 3. The number of rotatable bonds is 9. The van der Waals surface area contributed by atoms with Gasteiger partial charge in [0.25, 0.3) is 0 Å². The third-order valence-electron chi connectivity index (χ3n) is 6.21. The number of sulfonamides is 1. The van der Waals surface area contributed by atoms with E-state index in [1.54, 1.807) is 18.2 Å². The Bertz CT molecular complexity index is 1300. The van der Waals surface area contributed by atoms with E-state index in [9.17, 15) is 18.0 Å². The summed E-state index contributed by atoms with van der Waals surface area (Å²) in [6.45, 7) is 1.99. The summed E-state index contributed by atoms with van der Waals surface area (Å²) in [5.41, 5.74) is 2.43. The molecule has 0 radical (unpaired) electrons. The Hall–Kier alpha value is -2.76. The SMILES string of the molecule is Cc1ccc([C@@H](NS(=O)(=O)c2ccccc2)[C@@H](CCI)C(=O)N2C(=O)OC[C@@H]2c2ccccc2)cc1. The van der Waals surface area contributed by atoms with E-state index >= 15 is 0 Å². The summed E-state index contributed by atoms with van der Waals surface area (Å²) in [7, 11) is -3.96. The van der Waals surface area contributed by atoms with Crippen LogP contribution < -0.4 is 4.72 Å². The lowest BCUT2D eigenvalue weighted by molar-refractivity contribution is -0.134. The fraction of sp³-hybridized carbons (Fsp3) is 0.259. The maximum absolute atomic E-state index is 14.0. The van der Waals surface area contributed by atoms with Crippen LogP contribution >= 0.6 is 22.6 Å². The van der Waals surface area contributed by atoms with Gasteiger partial charge in [0.2, 0.25) is 15.9 Å². The molecular formula is C27H27IN2O5S. The number of nitrogens with one attached hydrogen (secondary N) is 1. The maximum atomic E-state index is 14.0. The van der Waals surface area contributed by atoms with Crippen LogP contribution in [0.25, 0.3) is 0 Å². The highest BCUT2D eigenvalue weighted by atomic mass is 127. The number of halogens is 1. The molecule has 3 aromatic carbocycles. The average Bonchev–Trinajstić information content (AvgIpc) is 3.28. The van der Waals surface area contributed by atoms with Crippen LogP contribution in [0, 0.1) is 12.8 Å². The zero-order valence-electron chi connectivity index (χ0n) is 19.7. The number of hydrogen-bond donors (Lipinski definition) is 1. The fourth-order valence-corrected chi connectivity index (χ4v) is 6.26. The molecule has 0 aromatic heterocycles. The third kappa shape index (κ3) is 5.79. The topological polar surface area (TPSA) is 92.8 Å². The maximum Gasteiger partial charge on any atom is 0.417 e. The normalized spacial score (nSPS) is 17.4. The predicted octanol–water partition coefficient (Wildman–Crippen LogP) is 5.18. The number of hydrogen-bond acceptors (Lipinski definition) is 5. The molecule has 2 amide bonds. The van der Waals surface area contributed by atoms with Gasteiger partial charge in [-0.3, -0.25) is 4.79 Å². The van der Waals surface area contributed by atoms with Crippen molar-refractivity contribution in [3.05, 3.63) is 102 Å². The molecule has 0 saturated carbocycles. The van der Waals surface area contributed by atoms with Gasteiger partial charge in [-0.2, -0.15) is 0 Å². The highest BCUT2D eigenvalue weighted by Gasteiger charge is 2.44. The molecule has 1 heterocycles. The quantitative estimate of drug-likeness (QED) is 0.264. The Morgan fingerprint density at radius 1 is 1.03 bits per heavy atom. The second-order valence-electron chi connectivity index (χ2n) is 8.62. The smallest absolute Gasteiger partial charge is 0.417 e. The molecule has 1 aliphatic heterocycles. The second kappa shape index (κ2) is 11.5. The number of carbonyl (C=O) groups excluding carboxylic acids is 2. The monoisotopic (exact) mass is 618 g/mol. The van der Waals surface area contributed by atoms with E-state index in [0.717, 1.165) is 16.0 Å². The van der Waals surface area contributed by atoms with Crippen LogP contribution in [0.5, 0.6) is 0 Å². The number of alkyl halides is 1. The van der Waals surface area contributed by atoms with Crippen molar-refractivity contribution in [2.45, 2.75) is 30.3 Å². The Labute approximate surface area is 225 Å². The van der Waals surface area contributed by atoms with Crippen LogP contribution in [0.1, 0.15) is 35.2 Å². The van der Waals surface area contributed by atoms with Gasteiger partial charge in [-0.25, -0.2) is 22.8 Å². The van der Waals surface area contributed by atoms with E-state index in [2.05, 4.69) is 27.3 Å². The van der Waals surface area contributed by atoms with Crippen molar-refractivity contribution in [1.29, 1.82) is 0 Å². The molecule has 1 N–H and O–H groups in total. The summed E-state index contributed by atoms with van der Waals surface area (Å²) < 4.78 is 35.4. The van der Waals surface area contributed by atoms with Gasteiger partial charge in [-0.05, 0) is 36.6 Å². The van der Waals surface area contributed by atoms with Crippen molar-refractivity contribution in [2.24, 2.45) is 5.92 Å². The standard InChI is InChI=1S/C27H27IN2O5S/c1-19-12-14-21(15-13-19)25(29-36(33,34)22-10-6-3-7-11-22)23(16-17-28)26(31)30-24(18-35-27(30)32)20-8-4-2-5-9-20/h2-15,23-25,29H,16-18H2,1H3/t23-,24-,25-/m1/s1. The number of cyclic esters (lactones) is 1. The number of imide groups is 1. The molecule has 3 atom stereocenters. The molecule has 0 spiro atoms. The van der Waals surface area contributed by atoms with Crippen LogP contribution in [-0.4, -0.2) is 36.4 Å². The zero-order valence-corrected chi connectivity index (χ0v) is 22.7. The summed E-state index contributed by atoms with van der Waals surface area (Å²) in [6, 6.07) is 23.2. The number of amides is 2.